The van der Waals surface area contributed by atoms with E-state index in [1.54, 1.807) is 54.6 Å². The van der Waals surface area contributed by atoms with Crippen LogP contribution >= 0.6 is 15.9 Å². The molecule has 3 aromatic carbocycles. The van der Waals surface area contributed by atoms with Crippen LogP contribution in [0.25, 0.3) is 0 Å². The van der Waals surface area contributed by atoms with E-state index in [1.807, 2.05) is 0 Å². The van der Waals surface area contributed by atoms with Gasteiger partial charge < -0.3 is 10.1 Å². The van der Waals surface area contributed by atoms with Gasteiger partial charge in [0.25, 0.3) is 0 Å². The van der Waals surface area contributed by atoms with Gasteiger partial charge in [-0.15, -0.1) is 0 Å². The average Bonchev–Trinajstić information content (AvgIpc) is 2.77. The minimum absolute atomic E-state index is 0.132. The van der Waals surface area contributed by atoms with Crippen LogP contribution in [0.15, 0.2) is 82.4 Å². The second kappa shape index (κ2) is 10.3. The molecule has 3 aromatic rings. The number of hydrogen-bond acceptors (Lipinski definition) is 5. The van der Waals surface area contributed by atoms with Gasteiger partial charge in [-0.25, -0.2) is 14.6 Å². The van der Waals surface area contributed by atoms with E-state index in [1.165, 1.54) is 18.3 Å². The minimum atomic E-state index is -1.07. The van der Waals surface area contributed by atoms with Gasteiger partial charge in [-0.1, -0.05) is 34.1 Å². The maximum Gasteiger partial charge on any atom is 0.343 e. The number of rotatable bonds is 5. The molecule has 31 heavy (non-hydrogen) atoms. The molecule has 2 N–H and O–H groups in total. The second-order valence-electron chi connectivity index (χ2n) is 6.10. The molecule has 156 valence electrons. The lowest BCUT2D eigenvalue weighted by molar-refractivity contribution is -0.136. The fourth-order valence-corrected chi connectivity index (χ4v) is 2.68. The number of ether oxygens (including phenoxy) is 1. The first-order valence-corrected chi connectivity index (χ1v) is 9.68. The molecular weight excluding hydrogens is 469 g/mol. The Hall–Kier alpha value is -3.85. The zero-order chi connectivity index (χ0) is 22.2. The summed E-state index contributed by atoms with van der Waals surface area (Å²) in [4.78, 5) is 35.7. The number of carbonyl (C=O) groups excluding carboxylic acids is 3. The maximum atomic E-state index is 13.7. The third-order valence-corrected chi connectivity index (χ3v) is 4.36. The number of hydrogen-bond donors (Lipinski definition) is 2. The number of nitrogens with one attached hydrogen (secondary N) is 2. The van der Waals surface area contributed by atoms with Crippen LogP contribution in [-0.4, -0.2) is 24.0 Å². The SMILES string of the molecule is O=C(N/N=C/c1ccc(OC(=O)c2ccccc2)cc1)C(=O)Nc1ccc(Br)cc1F. The summed E-state index contributed by atoms with van der Waals surface area (Å²) in [5.41, 5.74) is 2.93. The van der Waals surface area contributed by atoms with Crippen LogP contribution < -0.4 is 15.5 Å². The third-order valence-electron chi connectivity index (χ3n) is 3.87. The summed E-state index contributed by atoms with van der Waals surface area (Å²) in [5.74, 6) is -2.96. The van der Waals surface area contributed by atoms with E-state index < -0.39 is 23.6 Å². The van der Waals surface area contributed by atoms with Gasteiger partial charge in [-0.05, 0) is 60.2 Å². The Labute approximate surface area is 185 Å². The molecule has 0 spiro atoms. The van der Waals surface area contributed by atoms with Crippen molar-refractivity contribution in [3.63, 3.8) is 0 Å². The zero-order valence-electron chi connectivity index (χ0n) is 15.8. The predicted octanol–water partition coefficient (Wildman–Crippen LogP) is 3.90. The normalized spacial score (nSPS) is 10.5. The molecule has 2 amide bonds. The van der Waals surface area contributed by atoms with Crippen LogP contribution in [0.3, 0.4) is 0 Å². The fraction of sp³-hybridized carbons (Fsp3) is 0. The van der Waals surface area contributed by atoms with Crippen LogP contribution in [0, 0.1) is 5.82 Å². The van der Waals surface area contributed by atoms with Gasteiger partial charge in [0.2, 0.25) is 0 Å². The molecule has 0 aliphatic heterocycles. The zero-order valence-corrected chi connectivity index (χ0v) is 17.4. The number of carbonyl (C=O) groups is 3. The van der Waals surface area contributed by atoms with E-state index in [0.29, 0.717) is 21.3 Å². The monoisotopic (exact) mass is 483 g/mol. The molecule has 0 fully saturated rings. The van der Waals surface area contributed by atoms with Gasteiger partial charge in [0.15, 0.2) is 0 Å². The number of nitrogens with zero attached hydrogens (tertiary/aromatic N) is 1. The van der Waals surface area contributed by atoms with Gasteiger partial charge in [-0.3, -0.25) is 9.59 Å². The van der Waals surface area contributed by atoms with Crippen molar-refractivity contribution in [3.05, 3.63) is 94.2 Å². The largest absolute Gasteiger partial charge is 0.423 e. The molecule has 0 heterocycles. The Morgan fingerprint density at radius 1 is 0.935 bits per heavy atom. The van der Waals surface area contributed by atoms with Crippen LogP contribution in [0.1, 0.15) is 15.9 Å². The topological polar surface area (TPSA) is 96.9 Å². The molecule has 9 heteroatoms. The molecule has 0 bridgehead atoms. The average molecular weight is 484 g/mol. The van der Waals surface area contributed by atoms with Crippen molar-refractivity contribution in [2.75, 3.05) is 5.32 Å². The molecule has 0 aliphatic rings. The number of amides is 2. The molecule has 0 saturated carbocycles. The van der Waals surface area contributed by atoms with Crippen molar-refractivity contribution in [2.24, 2.45) is 5.10 Å². The number of hydrazone groups is 1. The van der Waals surface area contributed by atoms with Crippen molar-refractivity contribution in [3.8, 4) is 5.75 Å². The van der Waals surface area contributed by atoms with Crippen molar-refractivity contribution in [1.82, 2.24) is 5.43 Å². The van der Waals surface area contributed by atoms with Gasteiger partial charge >= 0.3 is 17.8 Å². The molecule has 3 rings (SSSR count). The first-order chi connectivity index (χ1) is 14.9. The smallest absolute Gasteiger partial charge is 0.343 e. The van der Waals surface area contributed by atoms with E-state index in [9.17, 15) is 18.8 Å². The number of benzene rings is 3. The van der Waals surface area contributed by atoms with E-state index in [0.717, 1.165) is 6.07 Å². The Morgan fingerprint density at radius 3 is 2.32 bits per heavy atom. The lowest BCUT2D eigenvalue weighted by Crippen LogP contribution is -2.32. The van der Waals surface area contributed by atoms with Gasteiger partial charge in [0.1, 0.15) is 11.6 Å². The quantitative estimate of drug-likeness (QED) is 0.189. The molecular formula is C22H15BrFN3O4. The standard InChI is InChI=1S/C22H15BrFN3O4/c23-16-8-11-19(18(24)12-16)26-20(28)21(29)27-25-13-14-6-9-17(10-7-14)31-22(30)15-4-2-1-3-5-15/h1-13H,(H,26,28)(H,27,29)/b25-13+. The van der Waals surface area contributed by atoms with Gasteiger partial charge in [-0.2, -0.15) is 5.10 Å². The predicted molar refractivity (Wildman–Crippen MR) is 116 cm³/mol. The minimum Gasteiger partial charge on any atom is -0.423 e. The van der Waals surface area contributed by atoms with Gasteiger partial charge in [0, 0.05) is 4.47 Å². The highest BCUT2D eigenvalue weighted by molar-refractivity contribution is 9.10. The van der Waals surface area contributed by atoms with E-state index >= 15 is 0 Å². The van der Waals surface area contributed by atoms with E-state index in [2.05, 4.69) is 31.8 Å². The fourth-order valence-electron chi connectivity index (χ4n) is 2.35. The molecule has 7 nitrogen and oxygen atoms in total. The molecule has 0 saturated heterocycles. The van der Waals surface area contributed by atoms with Crippen LogP contribution in [0.4, 0.5) is 10.1 Å². The molecule has 0 aromatic heterocycles. The number of halogens is 2. The molecule has 0 atom stereocenters. The summed E-state index contributed by atoms with van der Waals surface area (Å²) in [6.07, 6.45) is 1.30. The van der Waals surface area contributed by atoms with Crippen molar-refractivity contribution in [1.29, 1.82) is 0 Å². The van der Waals surface area contributed by atoms with Crippen molar-refractivity contribution >= 4 is 45.6 Å². The highest BCUT2D eigenvalue weighted by Gasteiger charge is 2.15. The van der Waals surface area contributed by atoms with Crippen molar-refractivity contribution in [2.45, 2.75) is 0 Å². The number of esters is 1. The second-order valence-corrected chi connectivity index (χ2v) is 7.02. The highest BCUT2D eigenvalue weighted by atomic mass is 79.9. The summed E-state index contributed by atoms with van der Waals surface area (Å²) in [6, 6.07) is 18.9. The Balaban J connectivity index is 1.51. The Morgan fingerprint density at radius 2 is 1.65 bits per heavy atom. The first kappa shape index (κ1) is 21.8. The lowest BCUT2D eigenvalue weighted by Gasteiger charge is -2.05. The third kappa shape index (κ3) is 6.31. The molecule has 0 radical (unpaired) electrons. The van der Waals surface area contributed by atoms with Crippen molar-refractivity contribution < 1.29 is 23.5 Å². The lowest BCUT2D eigenvalue weighted by atomic mass is 10.2. The number of anilines is 1. The van der Waals surface area contributed by atoms with E-state index in [-0.39, 0.29) is 5.69 Å². The highest BCUT2D eigenvalue weighted by Crippen LogP contribution is 2.19. The van der Waals surface area contributed by atoms with Crippen LogP contribution in [0.5, 0.6) is 5.75 Å². The van der Waals surface area contributed by atoms with Crippen LogP contribution in [-0.2, 0) is 9.59 Å². The Kier molecular flexibility index (Phi) is 7.23. The Bertz CT molecular complexity index is 1140. The summed E-state index contributed by atoms with van der Waals surface area (Å²) in [7, 11) is 0. The van der Waals surface area contributed by atoms with Gasteiger partial charge in [0.05, 0.1) is 17.5 Å². The summed E-state index contributed by atoms with van der Waals surface area (Å²) in [6.45, 7) is 0. The maximum absolute atomic E-state index is 13.7. The summed E-state index contributed by atoms with van der Waals surface area (Å²) >= 11 is 3.10. The molecule has 0 unspecified atom stereocenters. The molecule has 0 aliphatic carbocycles. The summed E-state index contributed by atoms with van der Waals surface area (Å²) < 4.78 is 19.5. The first-order valence-electron chi connectivity index (χ1n) is 8.89. The van der Waals surface area contributed by atoms with E-state index in [4.69, 9.17) is 4.74 Å². The van der Waals surface area contributed by atoms with Crippen LogP contribution in [0.2, 0.25) is 0 Å². The summed E-state index contributed by atoms with van der Waals surface area (Å²) in [5, 5.41) is 5.84.